The van der Waals surface area contributed by atoms with Gasteiger partial charge in [-0.3, -0.25) is 0 Å². The van der Waals surface area contributed by atoms with Crippen molar-refractivity contribution in [2.24, 2.45) is 0 Å². The molecule has 0 fully saturated rings. The highest BCUT2D eigenvalue weighted by Gasteiger charge is 1.98. The quantitative estimate of drug-likeness (QED) is 0.523. The summed E-state index contributed by atoms with van der Waals surface area (Å²) in [7, 11) is 0. The van der Waals surface area contributed by atoms with Crippen LogP contribution < -0.4 is 0 Å². The van der Waals surface area contributed by atoms with Crippen LogP contribution in [0.15, 0.2) is 18.3 Å². The van der Waals surface area contributed by atoms with Gasteiger partial charge in [0, 0.05) is 11.0 Å². The molecule has 1 atom stereocenters. The highest BCUT2D eigenvalue weighted by Crippen LogP contribution is 2.20. The first kappa shape index (κ1) is 8.02. The van der Waals surface area contributed by atoms with Crippen molar-refractivity contribution in [1.29, 1.82) is 0 Å². The van der Waals surface area contributed by atoms with Crippen molar-refractivity contribution in [2.45, 2.75) is 11.8 Å². The Balaban J connectivity index is 2.89. The fourth-order valence-electron chi connectivity index (χ4n) is 0.623. The van der Waals surface area contributed by atoms with E-state index < -0.39 is 0 Å². The molecule has 0 saturated carbocycles. The maximum Gasteiger partial charge on any atom is 0.129 e. The Kier molecular flexibility index (Phi) is 2.69. The Hall–Kier alpha value is -0.0800. The minimum Gasteiger partial charge on any atom is -0.244 e. The van der Waals surface area contributed by atoms with Crippen LogP contribution >= 0.6 is 27.5 Å². The molecule has 1 unspecified atom stereocenters. The molecule has 0 aromatic carbocycles. The van der Waals surface area contributed by atoms with E-state index in [4.69, 9.17) is 11.6 Å². The van der Waals surface area contributed by atoms with Gasteiger partial charge in [-0.05, 0) is 18.6 Å². The molecule has 10 heavy (non-hydrogen) atoms. The average Bonchev–Trinajstić information content (AvgIpc) is 1.88. The van der Waals surface area contributed by atoms with Gasteiger partial charge < -0.3 is 0 Å². The lowest BCUT2D eigenvalue weighted by molar-refractivity contribution is 1.09. The first-order valence-electron chi connectivity index (χ1n) is 2.95. The molecular weight excluding hydrogens is 213 g/mol. The van der Waals surface area contributed by atoms with Crippen molar-refractivity contribution in [3.05, 3.63) is 29.0 Å². The van der Waals surface area contributed by atoms with E-state index in [9.17, 15) is 0 Å². The Bertz CT molecular complexity index is 207. The van der Waals surface area contributed by atoms with Crippen molar-refractivity contribution in [3.63, 3.8) is 0 Å². The van der Waals surface area contributed by atoms with Crippen molar-refractivity contribution >= 4 is 27.5 Å². The van der Waals surface area contributed by atoms with Crippen molar-refractivity contribution in [1.82, 2.24) is 4.98 Å². The third-order valence-corrected chi connectivity index (χ3v) is 1.96. The van der Waals surface area contributed by atoms with Crippen LogP contribution in [-0.2, 0) is 0 Å². The molecular formula is C7H7BrClN. The predicted molar refractivity (Wildman–Crippen MR) is 46.6 cm³/mol. The molecule has 0 radical (unpaired) electrons. The summed E-state index contributed by atoms with van der Waals surface area (Å²) in [6, 6.07) is 3.74. The Morgan fingerprint density at radius 2 is 2.30 bits per heavy atom. The number of nitrogens with zero attached hydrogens (tertiary/aromatic N) is 1. The number of halogens is 2. The summed E-state index contributed by atoms with van der Waals surface area (Å²) in [4.78, 5) is 4.28. The second-order valence-corrected chi connectivity index (χ2v) is 3.79. The Labute approximate surface area is 73.6 Å². The molecule has 1 aromatic heterocycles. The number of rotatable bonds is 1. The molecule has 0 amide bonds. The zero-order valence-electron chi connectivity index (χ0n) is 5.51. The summed E-state index contributed by atoms with van der Waals surface area (Å²) in [6.45, 7) is 2.05. The number of hydrogen-bond acceptors (Lipinski definition) is 1. The molecule has 0 bridgehead atoms. The van der Waals surface area contributed by atoms with Gasteiger partial charge >= 0.3 is 0 Å². The van der Waals surface area contributed by atoms with Gasteiger partial charge in [-0.15, -0.1) is 0 Å². The fraction of sp³-hybridized carbons (Fsp3) is 0.286. The van der Waals surface area contributed by atoms with Crippen molar-refractivity contribution in [2.75, 3.05) is 0 Å². The van der Waals surface area contributed by atoms with E-state index >= 15 is 0 Å². The van der Waals surface area contributed by atoms with Gasteiger partial charge in [0.2, 0.25) is 0 Å². The molecule has 1 rings (SSSR count). The Morgan fingerprint density at radius 1 is 1.60 bits per heavy atom. The summed E-state index contributed by atoms with van der Waals surface area (Å²) in [5.74, 6) is 0. The van der Waals surface area contributed by atoms with E-state index in [1.54, 1.807) is 12.3 Å². The largest absolute Gasteiger partial charge is 0.244 e. The molecule has 54 valence electrons. The molecule has 0 aliphatic heterocycles. The highest BCUT2D eigenvalue weighted by atomic mass is 79.9. The third kappa shape index (κ3) is 1.96. The summed E-state index contributed by atoms with van der Waals surface area (Å²) in [6.07, 6.45) is 1.77. The van der Waals surface area contributed by atoms with Crippen molar-refractivity contribution < 1.29 is 0 Å². The van der Waals surface area contributed by atoms with E-state index in [0.29, 0.717) is 9.98 Å². The molecule has 0 aliphatic rings. The molecule has 1 heterocycles. The number of alkyl halides is 1. The van der Waals surface area contributed by atoms with Crippen LogP contribution in [0.3, 0.4) is 0 Å². The van der Waals surface area contributed by atoms with Crippen LogP contribution in [-0.4, -0.2) is 4.98 Å². The number of aromatic nitrogens is 1. The second kappa shape index (κ2) is 3.35. The van der Waals surface area contributed by atoms with Gasteiger partial charge in [0.15, 0.2) is 0 Å². The third-order valence-electron chi connectivity index (χ3n) is 1.21. The maximum absolute atomic E-state index is 5.59. The summed E-state index contributed by atoms with van der Waals surface area (Å²) >= 11 is 9.01. The van der Waals surface area contributed by atoms with Crippen LogP contribution in [0.2, 0.25) is 5.15 Å². The molecule has 0 aliphatic carbocycles. The van der Waals surface area contributed by atoms with Gasteiger partial charge in [-0.1, -0.05) is 33.6 Å². The minimum atomic E-state index is 0.345. The van der Waals surface area contributed by atoms with Gasteiger partial charge in [0.1, 0.15) is 5.15 Å². The topological polar surface area (TPSA) is 12.9 Å². The van der Waals surface area contributed by atoms with Crippen LogP contribution in [0, 0.1) is 0 Å². The zero-order valence-corrected chi connectivity index (χ0v) is 7.85. The molecule has 1 aromatic rings. The second-order valence-electron chi connectivity index (χ2n) is 2.03. The SMILES string of the molecule is CC(Br)c1ccc(Cl)nc1. The average molecular weight is 220 g/mol. The van der Waals surface area contributed by atoms with E-state index in [1.165, 1.54) is 0 Å². The van der Waals surface area contributed by atoms with Crippen LogP contribution in [0.1, 0.15) is 17.3 Å². The van der Waals surface area contributed by atoms with E-state index in [1.807, 2.05) is 13.0 Å². The van der Waals surface area contributed by atoms with Gasteiger partial charge in [-0.25, -0.2) is 4.98 Å². The van der Waals surface area contributed by atoms with E-state index in [2.05, 4.69) is 20.9 Å². The van der Waals surface area contributed by atoms with Crippen LogP contribution in [0.5, 0.6) is 0 Å². The van der Waals surface area contributed by atoms with Gasteiger partial charge in [-0.2, -0.15) is 0 Å². The predicted octanol–water partition coefficient (Wildman–Crippen LogP) is 3.19. The van der Waals surface area contributed by atoms with Gasteiger partial charge in [0.25, 0.3) is 0 Å². The first-order chi connectivity index (χ1) is 4.70. The lowest BCUT2D eigenvalue weighted by Crippen LogP contribution is -1.84. The maximum atomic E-state index is 5.59. The fourth-order valence-corrected chi connectivity index (χ4v) is 1.01. The van der Waals surface area contributed by atoms with E-state index in [-0.39, 0.29) is 0 Å². The zero-order chi connectivity index (χ0) is 7.56. The highest BCUT2D eigenvalue weighted by molar-refractivity contribution is 9.09. The van der Waals surface area contributed by atoms with E-state index in [0.717, 1.165) is 5.56 Å². The van der Waals surface area contributed by atoms with Gasteiger partial charge in [0.05, 0.1) is 0 Å². The van der Waals surface area contributed by atoms with Crippen LogP contribution in [0.4, 0.5) is 0 Å². The smallest absolute Gasteiger partial charge is 0.129 e. The lowest BCUT2D eigenvalue weighted by Gasteiger charge is -2.00. The number of hydrogen-bond donors (Lipinski definition) is 0. The van der Waals surface area contributed by atoms with Crippen LogP contribution in [0.25, 0.3) is 0 Å². The first-order valence-corrected chi connectivity index (χ1v) is 4.25. The minimum absolute atomic E-state index is 0.345. The standard InChI is InChI=1S/C7H7BrClN/c1-5(8)6-2-3-7(9)10-4-6/h2-5H,1H3. The summed E-state index contributed by atoms with van der Waals surface area (Å²) in [5.41, 5.74) is 1.14. The number of pyridine rings is 1. The molecule has 0 spiro atoms. The van der Waals surface area contributed by atoms with Crippen molar-refractivity contribution in [3.8, 4) is 0 Å². The summed E-state index contributed by atoms with van der Waals surface area (Å²) in [5, 5.41) is 0.539. The molecule has 3 heteroatoms. The summed E-state index contributed by atoms with van der Waals surface area (Å²) < 4.78 is 0. The normalized spacial score (nSPS) is 13.1. The molecule has 1 nitrogen and oxygen atoms in total. The Morgan fingerprint density at radius 3 is 2.70 bits per heavy atom. The molecule has 0 saturated heterocycles. The lowest BCUT2D eigenvalue weighted by atomic mass is 10.2. The monoisotopic (exact) mass is 219 g/mol. The molecule has 0 N–H and O–H groups in total.